The minimum absolute atomic E-state index is 0.626. The minimum Gasteiger partial charge on any atom is -0.383 e. The van der Waals surface area contributed by atoms with Crippen LogP contribution in [-0.4, -0.2) is 19.1 Å². The molecule has 1 unspecified atom stereocenters. The molecule has 1 saturated heterocycles. The van der Waals surface area contributed by atoms with Gasteiger partial charge in [0.1, 0.15) is 0 Å². The second-order valence-corrected chi connectivity index (χ2v) is 5.57. The van der Waals surface area contributed by atoms with Crippen LogP contribution in [0.25, 0.3) is 0 Å². The van der Waals surface area contributed by atoms with E-state index in [2.05, 4.69) is 60.7 Å². The second kappa shape index (κ2) is 5.32. The first kappa shape index (κ1) is 11.4. The molecule has 2 nitrogen and oxygen atoms in total. The lowest BCUT2D eigenvalue weighted by molar-refractivity contribution is 0.633. The molecule has 0 spiro atoms. The molecular weight excluding hydrogens is 320 g/mol. The Hall–Kier alpha value is -0.0600. The SMILES string of the molecule is Brc1ccc(NCC2CCCN2)c(Br)c1. The summed E-state index contributed by atoms with van der Waals surface area (Å²) < 4.78 is 2.20. The van der Waals surface area contributed by atoms with Crippen molar-refractivity contribution in [2.45, 2.75) is 18.9 Å². The third-order valence-electron chi connectivity index (χ3n) is 2.63. The predicted molar refractivity (Wildman–Crippen MR) is 71.4 cm³/mol. The van der Waals surface area contributed by atoms with Crippen molar-refractivity contribution in [3.8, 4) is 0 Å². The number of anilines is 1. The topological polar surface area (TPSA) is 24.1 Å². The van der Waals surface area contributed by atoms with Gasteiger partial charge in [-0.25, -0.2) is 0 Å². The first-order valence-electron chi connectivity index (χ1n) is 5.18. The van der Waals surface area contributed by atoms with Gasteiger partial charge in [0.2, 0.25) is 0 Å². The maximum Gasteiger partial charge on any atom is 0.0485 e. The van der Waals surface area contributed by atoms with Crippen LogP contribution >= 0.6 is 31.9 Å². The molecule has 1 aliphatic heterocycles. The van der Waals surface area contributed by atoms with Gasteiger partial charge >= 0.3 is 0 Å². The number of benzene rings is 1. The van der Waals surface area contributed by atoms with E-state index in [1.54, 1.807) is 0 Å². The first-order valence-corrected chi connectivity index (χ1v) is 6.76. The van der Waals surface area contributed by atoms with Crippen molar-refractivity contribution in [3.05, 3.63) is 27.1 Å². The van der Waals surface area contributed by atoms with Gasteiger partial charge in [-0.15, -0.1) is 0 Å². The average molecular weight is 334 g/mol. The summed E-state index contributed by atoms with van der Waals surface area (Å²) in [5.74, 6) is 0. The Morgan fingerprint density at radius 1 is 1.40 bits per heavy atom. The Balaban J connectivity index is 1.92. The molecule has 82 valence electrons. The molecule has 1 aliphatic rings. The molecule has 2 N–H and O–H groups in total. The minimum atomic E-state index is 0.626. The average Bonchev–Trinajstić information content (AvgIpc) is 2.69. The fraction of sp³-hybridized carbons (Fsp3) is 0.455. The van der Waals surface area contributed by atoms with Crippen LogP contribution in [0.4, 0.5) is 5.69 Å². The molecule has 1 atom stereocenters. The Kier molecular flexibility index (Phi) is 4.05. The molecule has 1 heterocycles. The number of hydrogen-bond donors (Lipinski definition) is 2. The summed E-state index contributed by atoms with van der Waals surface area (Å²) in [6, 6.07) is 6.82. The molecule has 0 saturated carbocycles. The van der Waals surface area contributed by atoms with E-state index in [1.807, 2.05) is 0 Å². The van der Waals surface area contributed by atoms with Gasteiger partial charge in [-0.2, -0.15) is 0 Å². The zero-order valence-electron chi connectivity index (χ0n) is 8.39. The van der Waals surface area contributed by atoms with Crippen LogP contribution in [0.1, 0.15) is 12.8 Å². The normalized spacial score (nSPS) is 20.5. The highest BCUT2D eigenvalue weighted by Gasteiger charge is 2.13. The van der Waals surface area contributed by atoms with E-state index in [4.69, 9.17) is 0 Å². The van der Waals surface area contributed by atoms with E-state index in [1.165, 1.54) is 12.8 Å². The van der Waals surface area contributed by atoms with Crippen molar-refractivity contribution in [1.29, 1.82) is 0 Å². The highest BCUT2D eigenvalue weighted by molar-refractivity contribution is 9.11. The summed E-state index contributed by atoms with van der Waals surface area (Å²) in [6.45, 7) is 2.16. The van der Waals surface area contributed by atoms with Gasteiger partial charge in [0.05, 0.1) is 0 Å². The van der Waals surface area contributed by atoms with Gasteiger partial charge < -0.3 is 10.6 Å². The van der Waals surface area contributed by atoms with Gasteiger partial charge in [0.25, 0.3) is 0 Å². The van der Waals surface area contributed by atoms with E-state index < -0.39 is 0 Å². The van der Waals surface area contributed by atoms with Crippen molar-refractivity contribution in [3.63, 3.8) is 0 Å². The summed E-state index contributed by atoms with van der Waals surface area (Å²) in [5, 5.41) is 6.92. The summed E-state index contributed by atoms with van der Waals surface area (Å²) in [4.78, 5) is 0. The largest absolute Gasteiger partial charge is 0.383 e. The van der Waals surface area contributed by atoms with Crippen LogP contribution in [-0.2, 0) is 0 Å². The molecule has 0 bridgehead atoms. The number of halogens is 2. The molecule has 15 heavy (non-hydrogen) atoms. The van der Waals surface area contributed by atoms with E-state index in [0.29, 0.717) is 6.04 Å². The molecule has 1 fully saturated rings. The van der Waals surface area contributed by atoms with Gasteiger partial charge in [0, 0.05) is 27.2 Å². The fourth-order valence-corrected chi connectivity index (χ4v) is 2.98. The van der Waals surface area contributed by atoms with Crippen LogP contribution in [0, 0.1) is 0 Å². The van der Waals surface area contributed by atoms with E-state index >= 15 is 0 Å². The predicted octanol–water partition coefficient (Wildman–Crippen LogP) is 3.38. The van der Waals surface area contributed by atoms with Crippen LogP contribution < -0.4 is 10.6 Å². The van der Waals surface area contributed by atoms with Crippen molar-refractivity contribution in [2.75, 3.05) is 18.4 Å². The van der Waals surface area contributed by atoms with Crippen LogP contribution in [0.2, 0.25) is 0 Å². The number of hydrogen-bond acceptors (Lipinski definition) is 2. The lowest BCUT2D eigenvalue weighted by Gasteiger charge is -2.13. The quantitative estimate of drug-likeness (QED) is 0.886. The van der Waals surface area contributed by atoms with Gasteiger partial charge in [-0.3, -0.25) is 0 Å². The first-order chi connectivity index (χ1) is 7.25. The summed E-state index contributed by atoms with van der Waals surface area (Å²) in [6.07, 6.45) is 2.58. The third kappa shape index (κ3) is 3.20. The van der Waals surface area contributed by atoms with Crippen molar-refractivity contribution in [2.24, 2.45) is 0 Å². The van der Waals surface area contributed by atoms with E-state index in [9.17, 15) is 0 Å². The van der Waals surface area contributed by atoms with Crippen LogP contribution in [0.5, 0.6) is 0 Å². The molecule has 1 aromatic carbocycles. The Morgan fingerprint density at radius 3 is 2.93 bits per heavy atom. The monoisotopic (exact) mass is 332 g/mol. The lowest BCUT2D eigenvalue weighted by Crippen LogP contribution is -2.29. The molecule has 1 aromatic rings. The third-order valence-corrected chi connectivity index (χ3v) is 3.78. The second-order valence-electron chi connectivity index (χ2n) is 3.80. The van der Waals surface area contributed by atoms with E-state index in [-0.39, 0.29) is 0 Å². The Labute approximate surface area is 107 Å². The number of nitrogens with one attached hydrogen (secondary N) is 2. The smallest absolute Gasteiger partial charge is 0.0485 e. The number of rotatable bonds is 3. The van der Waals surface area contributed by atoms with Gasteiger partial charge in [0.15, 0.2) is 0 Å². The Bertz CT molecular complexity index is 335. The standard InChI is InChI=1S/C11H14Br2N2/c12-8-3-4-11(10(13)6-8)15-7-9-2-1-5-14-9/h3-4,6,9,14-15H,1-2,5,7H2. The van der Waals surface area contributed by atoms with Crippen LogP contribution in [0.3, 0.4) is 0 Å². The maximum absolute atomic E-state index is 3.54. The molecule has 2 rings (SSSR count). The summed E-state index contributed by atoms with van der Waals surface area (Å²) in [5.41, 5.74) is 1.16. The van der Waals surface area contributed by atoms with Gasteiger partial charge in [-0.1, -0.05) is 15.9 Å². The van der Waals surface area contributed by atoms with Crippen molar-refractivity contribution < 1.29 is 0 Å². The van der Waals surface area contributed by atoms with Gasteiger partial charge in [-0.05, 0) is 53.5 Å². The van der Waals surface area contributed by atoms with Crippen molar-refractivity contribution in [1.82, 2.24) is 5.32 Å². The summed E-state index contributed by atoms with van der Waals surface area (Å²) in [7, 11) is 0. The Morgan fingerprint density at radius 2 is 2.27 bits per heavy atom. The van der Waals surface area contributed by atoms with E-state index in [0.717, 1.165) is 27.7 Å². The zero-order valence-corrected chi connectivity index (χ0v) is 11.6. The fourth-order valence-electron chi connectivity index (χ4n) is 1.80. The molecule has 0 aromatic heterocycles. The molecule has 0 amide bonds. The van der Waals surface area contributed by atoms with Crippen LogP contribution in [0.15, 0.2) is 27.1 Å². The molecule has 4 heteroatoms. The summed E-state index contributed by atoms with van der Waals surface area (Å²) >= 11 is 6.99. The lowest BCUT2D eigenvalue weighted by atomic mass is 10.2. The molecular formula is C11H14Br2N2. The maximum atomic E-state index is 3.54. The highest BCUT2D eigenvalue weighted by Crippen LogP contribution is 2.26. The molecule has 0 radical (unpaired) electrons. The van der Waals surface area contributed by atoms with Crippen molar-refractivity contribution >= 4 is 37.5 Å². The zero-order chi connectivity index (χ0) is 10.7. The molecule has 0 aliphatic carbocycles. The highest BCUT2D eigenvalue weighted by atomic mass is 79.9.